The zero-order valence-electron chi connectivity index (χ0n) is 10.1. The molecule has 0 fully saturated rings. The zero-order valence-corrected chi connectivity index (χ0v) is 10.9. The molecule has 96 valence electrons. The van der Waals surface area contributed by atoms with Crippen LogP contribution in [-0.2, 0) is 16.1 Å². The number of pyridine rings is 1. The van der Waals surface area contributed by atoms with Gasteiger partial charge in [-0.2, -0.15) is 4.98 Å². The maximum atomic E-state index is 11.5. The maximum Gasteiger partial charge on any atom is 0.326 e. The van der Waals surface area contributed by atoms with E-state index in [0.717, 1.165) is 5.52 Å². The Morgan fingerprint density at radius 2 is 2.33 bits per heavy atom. The average Bonchev–Trinajstić information content (AvgIpc) is 2.65. The first-order chi connectivity index (χ1) is 8.65. The number of imidazole rings is 1. The third kappa shape index (κ3) is 2.35. The second kappa shape index (κ2) is 5.18. The molecule has 2 heterocycles. The Kier molecular flexibility index (Phi) is 3.61. The van der Waals surface area contributed by atoms with Gasteiger partial charge in [-0.3, -0.25) is 9.36 Å². The SMILES string of the molecule is CCOC(=O)Cn1c(=S)[nH]c2ccc(OC)nc21. The predicted octanol–water partition coefficient (Wildman–Crippen LogP) is 1.67. The molecule has 2 aromatic rings. The van der Waals surface area contributed by atoms with E-state index < -0.39 is 0 Å². The number of H-pyrrole nitrogens is 1. The molecule has 0 aliphatic carbocycles. The van der Waals surface area contributed by atoms with E-state index in [0.29, 0.717) is 22.9 Å². The molecule has 2 aromatic heterocycles. The summed E-state index contributed by atoms with van der Waals surface area (Å²) in [5.74, 6) is 0.119. The van der Waals surface area contributed by atoms with Gasteiger partial charge in [0.25, 0.3) is 0 Å². The van der Waals surface area contributed by atoms with Crippen LogP contribution < -0.4 is 4.74 Å². The Bertz CT molecular complexity index is 632. The number of aromatic amines is 1. The van der Waals surface area contributed by atoms with Gasteiger partial charge in [0.2, 0.25) is 5.88 Å². The van der Waals surface area contributed by atoms with Gasteiger partial charge in [-0.15, -0.1) is 0 Å². The van der Waals surface area contributed by atoms with Crippen LogP contribution in [0.3, 0.4) is 0 Å². The molecule has 0 saturated heterocycles. The number of carbonyl (C=O) groups is 1. The highest BCUT2D eigenvalue weighted by molar-refractivity contribution is 7.71. The lowest BCUT2D eigenvalue weighted by Gasteiger charge is -2.04. The van der Waals surface area contributed by atoms with Crippen molar-refractivity contribution in [3.63, 3.8) is 0 Å². The van der Waals surface area contributed by atoms with Crippen molar-refractivity contribution in [1.29, 1.82) is 0 Å². The fourth-order valence-corrected chi connectivity index (χ4v) is 1.87. The highest BCUT2D eigenvalue weighted by atomic mass is 32.1. The molecule has 0 radical (unpaired) electrons. The van der Waals surface area contributed by atoms with E-state index in [-0.39, 0.29) is 12.5 Å². The molecule has 0 saturated carbocycles. The number of esters is 1. The normalized spacial score (nSPS) is 10.6. The van der Waals surface area contributed by atoms with Crippen LogP contribution in [0.1, 0.15) is 6.92 Å². The number of aromatic nitrogens is 3. The van der Waals surface area contributed by atoms with Crippen LogP contribution in [-0.4, -0.2) is 34.2 Å². The topological polar surface area (TPSA) is 69.1 Å². The quantitative estimate of drug-likeness (QED) is 0.674. The third-order valence-electron chi connectivity index (χ3n) is 2.39. The summed E-state index contributed by atoms with van der Waals surface area (Å²) in [7, 11) is 1.53. The van der Waals surface area contributed by atoms with Crippen LogP contribution in [0, 0.1) is 4.77 Å². The Hall–Kier alpha value is -1.89. The Balaban J connectivity index is 2.45. The summed E-state index contributed by atoms with van der Waals surface area (Å²) in [5.41, 5.74) is 1.33. The van der Waals surface area contributed by atoms with Gasteiger partial charge in [0.15, 0.2) is 10.4 Å². The van der Waals surface area contributed by atoms with Gasteiger partial charge in [-0.05, 0) is 25.2 Å². The molecular formula is C11H13N3O3S. The molecule has 0 aromatic carbocycles. The number of carbonyl (C=O) groups excluding carboxylic acids is 1. The molecule has 6 nitrogen and oxygen atoms in total. The number of hydrogen-bond acceptors (Lipinski definition) is 5. The number of hydrogen-bond donors (Lipinski definition) is 1. The molecule has 0 aliphatic heterocycles. The third-order valence-corrected chi connectivity index (χ3v) is 2.72. The second-order valence-electron chi connectivity index (χ2n) is 3.55. The minimum absolute atomic E-state index is 0.0346. The smallest absolute Gasteiger partial charge is 0.326 e. The van der Waals surface area contributed by atoms with Crippen LogP contribution in [0.2, 0.25) is 0 Å². The minimum Gasteiger partial charge on any atom is -0.481 e. The van der Waals surface area contributed by atoms with Crippen LogP contribution in [0.5, 0.6) is 5.88 Å². The van der Waals surface area contributed by atoms with E-state index in [1.54, 1.807) is 23.6 Å². The molecular weight excluding hydrogens is 254 g/mol. The largest absolute Gasteiger partial charge is 0.481 e. The second-order valence-corrected chi connectivity index (χ2v) is 3.93. The molecule has 18 heavy (non-hydrogen) atoms. The first-order valence-electron chi connectivity index (χ1n) is 5.45. The van der Waals surface area contributed by atoms with E-state index in [1.807, 2.05) is 0 Å². The van der Waals surface area contributed by atoms with Crippen LogP contribution in [0.15, 0.2) is 12.1 Å². The maximum absolute atomic E-state index is 11.5. The summed E-state index contributed by atoms with van der Waals surface area (Å²) in [6.45, 7) is 2.13. The highest BCUT2D eigenvalue weighted by Crippen LogP contribution is 2.16. The van der Waals surface area contributed by atoms with Crippen LogP contribution >= 0.6 is 12.2 Å². The van der Waals surface area contributed by atoms with E-state index in [9.17, 15) is 4.79 Å². The van der Waals surface area contributed by atoms with Crippen molar-refractivity contribution in [3.05, 3.63) is 16.9 Å². The monoisotopic (exact) mass is 267 g/mol. The number of ether oxygens (including phenoxy) is 2. The van der Waals surface area contributed by atoms with Crippen molar-refractivity contribution >= 4 is 29.4 Å². The van der Waals surface area contributed by atoms with Crippen molar-refractivity contribution < 1.29 is 14.3 Å². The number of methoxy groups -OCH3 is 1. The molecule has 1 N–H and O–H groups in total. The van der Waals surface area contributed by atoms with E-state index in [2.05, 4.69) is 9.97 Å². The highest BCUT2D eigenvalue weighted by Gasteiger charge is 2.11. The van der Waals surface area contributed by atoms with E-state index >= 15 is 0 Å². The average molecular weight is 267 g/mol. The molecule has 0 spiro atoms. The van der Waals surface area contributed by atoms with Crippen molar-refractivity contribution in [3.8, 4) is 5.88 Å². The number of fused-ring (bicyclic) bond motifs is 1. The minimum atomic E-state index is -0.348. The molecule has 0 atom stereocenters. The van der Waals surface area contributed by atoms with Crippen LogP contribution in [0.25, 0.3) is 11.2 Å². The van der Waals surface area contributed by atoms with Gasteiger partial charge in [0.1, 0.15) is 6.54 Å². The number of nitrogens with one attached hydrogen (secondary N) is 1. The van der Waals surface area contributed by atoms with Gasteiger partial charge in [0.05, 0.1) is 19.2 Å². The van der Waals surface area contributed by atoms with Gasteiger partial charge < -0.3 is 14.5 Å². The van der Waals surface area contributed by atoms with Crippen molar-refractivity contribution in [2.24, 2.45) is 0 Å². The zero-order chi connectivity index (χ0) is 13.1. The fraction of sp³-hybridized carbons (Fsp3) is 0.364. The molecule has 0 aliphatic rings. The lowest BCUT2D eigenvalue weighted by Crippen LogP contribution is -2.13. The molecule has 2 rings (SSSR count). The number of nitrogens with zero attached hydrogens (tertiary/aromatic N) is 2. The fourth-order valence-electron chi connectivity index (χ4n) is 1.61. The lowest BCUT2D eigenvalue weighted by molar-refractivity contribution is -0.143. The van der Waals surface area contributed by atoms with Crippen molar-refractivity contribution in [2.75, 3.05) is 13.7 Å². The van der Waals surface area contributed by atoms with Gasteiger partial charge in [-0.25, -0.2) is 0 Å². The Morgan fingerprint density at radius 3 is 3.00 bits per heavy atom. The van der Waals surface area contributed by atoms with Crippen molar-refractivity contribution in [2.45, 2.75) is 13.5 Å². The molecule has 7 heteroatoms. The van der Waals surface area contributed by atoms with Crippen molar-refractivity contribution in [1.82, 2.24) is 14.5 Å². The molecule has 0 unspecified atom stereocenters. The summed E-state index contributed by atoms with van der Waals surface area (Å²) < 4.78 is 12.0. The predicted molar refractivity (Wildman–Crippen MR) is 68.1 cm³/mol. The Morgan fingerprint density at radius 1 is 1.56 bits per heavy atom. The van der Waals surface area contributed by atoms with Crippen LogP contribution in [0.4, 0.5) is 0 Å². The van der Waals surface area contributed by atoms with Gasteiger partial charge in [-0.1, -0.05) is 0 Å². The first-order valence-corrected chi connectivity index (χ1v) is 5.85. The van der Waals surface area contributed by atoms with Gasteiger partial charge in [0, 0.05) is 6.07 Å². The van der Waals surface area contributed by atoms with E-state index in [4.69, 9.17) is 21.7 Å². The van der Waals surface area contributed by atoms with Gasteiger partial charge >= 0.3 is 5.97 Å². The molecule has 0 amide bonds. The number of rotatable bonds is 4. The summed E-state index contributed by atoms with van der Waals surface area (Å²) in [6.07, 6.45) is 0. The summed E-state index contributed by atoms with van der Waals surface area (Å²) in [5, 5.41) is 0. The Labute approximate surface area is 109 Å². The van der Waals surface area contributed by atoms with E-state index in [1.165, 1.54) is 7.11 Å². The first kappa shape index (κ1) is 12.6. The molecule has 0 bridgehead atoms. The standard InChI is InChI=1S/C11H13N3O3S/c1-3-17-9(15)6-14-10-7(12-11(14)18)4-5-8(13-10)16-2/h4-5H,3,6H2,1-2H3,(H,12,18). The summed E-state index contributed by atoms with van der Waals surface area (Å²) in [4.78, 5) is 18.7. The summed E-state index contributed by atoms with van der Waals surface area (Å²) in [6, 6.07) is 3.53. The lowest BCUT2D eigenvalue weighted by atomic mass is 10.4. The summed E-state index contributed by atoms with van der Waals surface area (Å²) >= 11 is 5.15.